The lowest BCUT2D eigenvalue weighted by atomic mass is 10.4. The molecule has 1 rings (SSSR count). The molecule has 0 atom stereocenters. The normalized spacial score (nSPS) is 10.1. The van der Waals surface area contributed by atoms with Crippen molar-refractivity contribution < 1.29 is 4.74 Å². The molecule has 0 bridgehead atoms. The number of ether oxygens (including phenoxy) is 1. The molecular formula is C8H11BrN2O2. The largest absolute Gasteiger partial charge is 0.491 e. The summed E-state index contributed by atoms with van der Waals surface area (Å²) in [6.45, 7) is 0.925. The van der Waals surface area contributed by atoms with Crippen molar-refractivity contribution in [3.05, 3.63) is 27.1 Å². The Morgan fingerprint density at radius 1 is 1.69 bits per heavy atom. The molecule has 1 aromatic rings. The summed E-state index contributed by atoms with van der Waals surface area (Å²) in [6.07, 6.45) is 1.69. The van der Waals surface area contributed by atoms with Crippen LogP contribution >= 0.6 is 15.9 Å². The van der Waals surface area contributed by atoms with Gasteiger partial charge in [0, 0.05) is 29.8 Å². The molecule has 0 unspecified atom stereocenters. The second-order valence-corrected chi connectivity index (χ2v) is 3.43. The zero-order valence-electron chi connectivity index (χ0n) is 7.29. The summed E-state index contributed by atoms with van der Waals surface area (Å²) in [6, 6.07) is 1.63. The summed E-state index contributed by atoms with van der Waals surface area (Å²) in [5.74, 6) is 0.322. The maximum Gasteiger partial charge on any atom is 0.292 e. The molecule has 0 saturated heterocycles. The van der Waals surface area contributed by atoms with Crippen LogP contribution in [0.1, 0.15) is 0 Å². The number of aromatic nitrogens is 1. The van der Waals surface area contributed by atoms with Crippen LogP contribution in [-0.2, 0) is 6.54 Å². The summed E-state index contributed by atoms with van der Waals surface area (Å²) in [5.41, 5.74) is 5.20. The van der Waals surface area contributed by atoms with Crippen LogP contribution in [0.25, 0.3) is 0 Å². The molecule has 0 aliphatic rings. The fraction of sp³-hybridized carbons (Fsp3) is 0.375. The number of methoxy groups -OCH3 is 1. The Kier molecular flexibility index (Phi) is 3.50. The van der Waals surface area contributed by atoms with E-state index in [-0.39, 0.29) is 5.56 Å². The summed E-state index contributed by atoms with van der Waals surface area (Å²) in [5, 5.41) is 0. The highest BCUT2D eigenvalue weighted by atomic mass is 79.9. The van der Waals surface area contributed by atoms with Crippen molar-refractivity contribution in [3.63, 3.8) is 0 Å². The number of nitrogens with zero attached hydrogens (tertiary/aromatic N) is 1. The van der Waals surface area contributed by atoms with Gasteiger partial charge in [-0.15, -0.1) is 0 Å². The Labute approximate surface area is 84.4 Å². The van der Waals surface area contributed by atoms with E-state index in [0.29, 0.717) is 18.8 Å². The van der Waals surface area contributed by atoms with Gasteiger partial charge < -0.3 is 15.0 Å². The van der Waals surface area contributed by atoms with Crippen LogP contribution in [0.3, 0.4) is 0 Å². The molecule has 0 radical (unpaired) electrons. The Morgan fingerprint density at radius 3 is 2.92 bits per heavy atom. The summed E-state index contributed by atoms with van der Waals surface area (Å²) in [4.78, 5) is 11.5. The number of pyridine rings is 1. The Hall–Kier alpha value is -0.810. The molecule has 4 nitrogen and oxygen atoms in total. The molecule has 1 heterocycles. The van der Waals surface area contributed by atoms with Gasteiger partial charge in [0.2, 0.25) is 0 Å². The molecule has 2 N–H and O–H groups in total. The lowest BCUT2D eigenvalue weighted by Gasteiger charge is -2.06. The van der Waals surface area contributed by atoms with Crippen molar-refractivity contribution in [2.45, 2.75) is 6.54 Å². The van der Waals surface area contributed by atoms with Gasteiger partial charge in [0.15, 0.2) is 5.75 Å². The van der Waals surface area contributed by atoms with Crippen molar-refractivity contribution in [1.29, 1.82) is 0 Å². The molecule has 0 aromatic carbocycles. The van der Waals surface area contributed by atoms with Gasteiger partial charge in [-0.05, 0) is 15.9 Å². The Morgan fingerprint density at radius 2 is 2.38 bits per heavy atom. The fourth-order valence-corrected chi connectivity index (χ4v) is 1.48. The van der Waals surface area contributed by atoms with Gasteiger partial charge in [0.25, 0.3) is 5.56 Å². The third kappa shape index (κ3) is 2.32. The predicted molar refractivity (Wildman–Crippen MR) is 54.0 cm³/mol. The van der Waals surface area contributed by atoms with Gasteiger partial charge in [-0.25, -0.2) is 0 Å². The maximum atomic E-state index is 11.5. The number of hydrogen-bond acceptors (Lipinski definition) is 3. The van der Waals surface area contributed by atoms with Crippen LogP contribution in [0.5, 0.6) is 5.75 Å². The van der Waals surface area contributed by atoms with Gasteiger partial charge in [-0.1, -0.05) is 0 Å². The first-order chi connectivity index (χ1) is 6.19. The van der Waals surface area contributed by atoms with Crippen LogP contribution in [0.15, 0.2) is 21.5 Å². The molecule has 0 fully saturated rings. The van der Waals surface area contributed by atoms with Crippen LogP contribution < -0.4 is 16.0 Å². The molecule has 13 heavy (non-hydrogen) atoms. The van der Waals surface area contributed by atoms with Crippen LogP contribution in [0.4, 0.5) is 0 Å². The monoisotopic (exact) mass is 246 g/mol. The lowest BCUT2D eigenvalue weighted by Crippen LogP contribution is -2.24. The van der Waals surface area contributed by atoms with Crippen LogP contribution in [0.2, 0.25) is 0 Å². The second kappa shape index (κ2) is 4.43. The number of halogens is 1. The molecule has 0 aliphatic carbocycles. The SMILES string of the molecule is COc1cc(Br)cn(CCN)c1=O. The topological polar surface area (TPSA) is 57.2 Å². The lowest BCUT2D eigenvalue weighted by molar-refractivity contribution is 0.402. The van der Waals surface area contributed by atoms with Crippen molar-refractivity contribution in [3.8, 4) is 5.75 Å². The third-order valence-electron chi connectivity index (χ3n) is 1.61. The highest BCUT2D eigenvalue weighted by Gasteiger charge is 2.04. The molecular weight excluding hydrogens is 236 g/mol. The number of hydrogen-bond donors (Lipinski definition) is 1. The van der Waals surface area contributed by atoms with Crippen LogP contribution in [-0.4, -0.2) is 18.2 Å². The quantitative estimate of drug-likeness (QED) is 0.849. The number of rotatable bonds is 3. The third-order valence-corrected chi connectivity index (χ3v) is 2.04. The highest BCUT2D eigenvalue weighted by Crippen LogP contribution is 2.12. The van der Waals surface area contributed by atoms with E-state index >= 15 is 0 Å². The zero-order valence-corrected chi connectivity index (χ0v) is 8.87. The van der Waals surface area contributed by atoms with E-state index in [1.807, 2.05) is 0 Å². The highest BCUT2D eigenvalue weighted by molar-refractivity contribution is 9.10. The molecule has 5 heteroatoms. The van der Waals surface area contributed by atoms with Crippen molar-refractivity contribution in [2.75, 3.05) is 13.7 Å². The van der Waals surface area contributed by atoms with Gasteiger partial charge >= 0.3 is 0 Å². The smallest absolute Gasteiger partial charge is 0.292 e. The van der Waals surface area contributed by atoms with Gasteiger partial charge in [0.1, 0.15) is 0 Å². The van der Waals surface area contributed by atoms with E-state index in [0.717, 1.165) is 4.47 Å². The molecule has 1 aromatic heterocycles. The minimum atomic E-state index is -0.156. The first kappa shape index (κ1) is 10.3. The number of nitrogens with two attached hydrogens (primary N) is 1. The Balaban J connectivity index is 3.19. The van der Waals surface area contributed by atoms with E-state index in [4.69, 9.17) is 10.5 Å². The van der Waals surface area contributed by atoms with Crippen LogP contribution in [0, 0.1) is 0 Å². The zero-order chi connectivity index (χ0) is 9.84. The molecule has 72 valence electrons. The molecule has 0 saturated carbocycles. The van der Waals surface area contributed by atoms with E-state index < -0.39 is 0 Å². The minimum Gasteiger partial charge on any atom is -0.491 e. The van der Waals surface area contributed by atoms with E-state index in [2.05, 4.69) is 15.9 Å². The average Bonchev–Trinajstić information content (AvgIpc) is 2.11. The summed E-state index contributed by atoms with van der Waals surface area (Å²) >= 11 is 3.28. The Bertz CT molecular complexity index is 348. The average molecular weight is 247 g/mol. The van der Waals surface area contributed by atoms with E-state index in [1.54, 1.807) is 12.3 Å². The second-order valence-electron chi connectivity index (χ2n) is 2.51. The first-order valence-electron chi connectivity index (χ1n) is 3.83. The maximum absolute atomic E-state index is 11.5. The molecule has 0 spiro atoms. The van der Waals surface area contributed by atoms with Crippen molar-refractivity contribution in [1.82, 2.24) is 4.57 Å². The van der Waals surface area contributed by atoms with Gasteiger partial charge in [-0.3, -0.25) is 4.79 Å². The first-order valence-corrected chi connectivity index (χ1v) is 4.62. The molecule has 0 aliphatic heterocycles. The fourth-order valence-electron chi connectivity index (χ4n) is 1.02. The summed E-state index contributed by atoms with van der Waals surface area (Å²) < 4.78 is 7.23. The standard InChI is InChI=1S/C8H11BrN2O2/c1-13-7-4-6(9)5-11(3-2-10)8(7)12/h4-5H,2-3,10H2,1H3. The van der Waals surface area contributed by atoms with E-state index in [9.17, 15) is 4.79 Å². The molecule has 0 amide bonds. The van der Waals surface area contributed by atoms with Crippen molar-refractivity contribution in [2.24, 2.45) is 5.73 Å². The minimum absolute atomic E-state index is 0.156. The van der Waals surface area contributed by atoms with E-state index in [1.165, 1.54) is 11.7 Å². The predicted octanol–water partition coefficient (Wildman–Crippen LogP) is 0.578. The van der Waals surface area contributed by atoms with Gasteiger partial charge in [0.05, 0.1) is 7.11 Å². The van der Waals surface area contributed by atoms with Crippen molar-refractivity contribution >= 4 is 15.9 Å². The summed E-state index contributed by atoms with van der Waals surface area (Å²) in [7, 11) is 1.47. The van der Waals surface area contributed by atoms with Gasteiger partial charge in [-0.2, -0.15) is 0 Å².